The summed E-state index contributed by atoms with van der Waals surface area (Å²) in [6.45, 7) is 8.22. The summed E-state index contributed by atoms with van der Waals surface area (Å²) in [4.78, 5) is 41.3. The van der Waals surface area contributed by atoms with Crippen molar-refractivity contribution in [3.05, 3.63) is 99.1 Å². The van der Waals surface area contributed by atoms with Crippen molar-refractivity contribution in [3.63, 3.8) is 0 Å². The zero-order valence-corrected chi connectivity index (χ0v) is 23.4. The first-order chi connectivity index (χ1) is 19.5. The lowest BCUT2D eigenvalue weighted by molar-refractivity contribution is -0.384. The van der Waals surface area contributed by atoms with Gasteiger partial charge in [-0.3, -0.25) is 19.7 Å². The second-order valence-corrected chi connectivity index (χ2v) is 10.3. The Bertz CT molecular complexity index is 1220. The largest absolute Gasteiger partial charge is 0.348 e. The summed E-state index contributed by atoms with van der Waals surface area (Å²) in [5.41, 5.74) is 4.57. The van der Waals surface area contributed by atoms with Gasteiger partial charge < -0.3 is 20.0 Å². The lowest BCUT2D eigenvalue weighted by atomic mass is 9.87. The standard InChI is InChI=1S/C31H39N5O4/c1-3-28-31(32-22-37)30(26-11-13-27(14-12-26)36(39)40)29(21-34(28)4-2)35(23-38)18-8-17-33-19-15-25(16-20-33)24-9-6-5-7-10-24/h5-7,9-14,21-23,25,30H,3-4,8,15-20H2,1-2H3,(H,32,37). The molecular weight excluding hydrogens is 506 g/mol. The Kier molecular flexibility index (Phi) is 10.1. The number of allylic oxidation sites excluding steroid dienone is 1. The molecule has 0 bridgehead atoms. The molecule has 212 valence electrons. The van der Waals surface area contributed by atoms with Crippen molar-refractivity contribution in [2.45, 2.75) is 51.4 Å². The molecule has 40 heavy (non-hydrogen) atoms. The molecule has 0 spiro atoms. The lowest BCUT2D eigenvalue weighted by Gasteiger charge is -2.39. The fourth-order valence-corrected chi connectivity index (χ4v) is 5.98. The molecule has 2 amide bonds. The fraction of sp³-hybridized carbons (Fsp3) is 0.419. The van der Waals surface area contributed by atoms with E-state index in [-0.39, 0.29) is 5.69 Å². The van der Waals surface area contributed by atoms with Gasteiger partial charge in [0.15, 0.2) is 0 Å². The van der Waals surface area contributed by atoms with Gasteiger partial charge in [-0.05, 0) is 69.3 Å². The van der Waals surface area contributed by atoms with E-state index in [9.17, 15) is 19.7 Å². The Morgan fingerprint density at radius 3 is 2.30 bits per heavy atom. The summed E-state index contributed by atoms with van der Waals surface area (Å²) in [5, 5.41) is 14.2. The minimum atomic E-state index is -0.435. The Balaban J connectivity index is 1.50. The van der Waals surface area contributed by atoms with Crippen LogP contribution >= 0.6 is 0 Å². The number of carbonyl (C=O) groups excluding carboxylic acids is 2. The van der Waals surface area contributed by atoms with Gasteiger partial charge in [0.2, 0.25) is 12.8 Å². The zero-order chi connectivity index (χ0) is 28.5. The molecule has 0 aromatic heterocycles. The minimum Gasteiger partial charge on any atom is -0.348 e. The number of piperidine rings is 1. The Labute approximate surface area is 236 Å². The highest BCUT2D eigenvalue weighted by atomic mass is 16.6. The monoisotopic (exact) mass is 545 g/mol. The number of rotatable bonds is 13. The highest BCUT2D eigenvalue weighted by Gasteiger charge is 2.33. The smallest absolute Gasteiger partial charge is 0.269 e. The molecule has 2 aromatic carbocycles. The van der Waals surface area contributed by atoms with Crippen LogP contribution in [0.25, 0.3) is 0 Å². The van der Waals surface area contributed by atoms with Crippen LogP contribution in [0.4, 0.5) is 5.69 Å². The highest BCUT2D eigenvalue weighted by molar-refractivity contribution is 5.59. The number of hydrogen-bond donors (Lipinski definition) is 1. The molecule has 0 saturated carbocycles. The van der Waals surface area contributed by atoms with Crippen molar-refractivity contribution in [2.24, 2.45) is 0 Å². The van der Waals surface area contributed by atoms with Crippen LogP contribution in [0, 0.1) is 10.1 Å². The maximum Gasteiger partial charge on any atom is 0.269 e. The lowest BCUT2D eigenvalue weighted by Crippen LogP contribution is -2.39. The quantitative estimate of drug-likeness (QED) is 0.217. The topological polar surface area (TPSA) is 99.0 Å². The van der Waals surface area contributed by atoms with Crippen molar-refractivity contribution in [1.82, 2.24) is 20.0 Å². The van der Waals surface area contributed by atoms with Crippen molar-refractivity contribution in [3.8, 4) is 0 Å². The third-order valence-electron chi connectivity index (χ3n) is 8.05. The summed E-state index contributed by atoms with van der Waals surface area (Å²) in [6.07, 6.45) is 7.25. The molecule has 2 aromatic rings. The number of likely N-dealkylation sites (tertiary alicyclic amines) is 1. The van der Waals surface area contributed by atoms with Crippen LogP contribution in [0.5, 0.6) is 0 Å². The molecule has 1 N–H and O–H groups in total. The van der Waals surface area contributed by atoms with Crippen LogP contribution in [0.2, 0.25) is 0 Å². The number of non-ortho nitro benzene ring substituents is 1. The van der Waals surface area contributed by atoms with Crippen LogP contribution in [-0.2, 0) is 9.59 Å². The van der Waals surface area contributed by atoms with Crippen LogP contribution in [0.15, 0.2) is 77.9 Å². The normalized spacial score (nSPS) is 18.3. The average Bonchev–Trinajstić information content (AvgIpc) is 3.00. The molecule has 9 nitrogen and oxygen atoms in total. The predicted octanol–water partition coefficient (Wildman–Crippen LogP) is 4.95. The van der Waals surface area contributed by atoms with E-state index in [1.54, 1.807) is 17.0 Å². The van der Waals surface area contributed by atoms with Crippen molar-refractivity contribution >= 4 is 18.5 Å². The van der Waals surface area contributed by atoms with Gasteiger partial charge in [-0.2, -0.15) is 0 Å². The molecule has 1 unspecified atom stereocenters. The van der Waals surface area contributed by atoms with E-state index in [1.165, 1.54) is 17.7 Å². The van der Waals surface area contributed by atoms with E-state index < -0.39 is 10.8 Å². The summed E-state index contributed by atoms with van der Waals surface area (Å²) in [7, 11) is 0. The highest BCUT2D eigenvalue weighted by Crippen LogP contribution is 2.40. The molecule has 1 saturated heterocycles. The zero-order valence-electron chi connectivity index (χ0n) is 23.4. The maximum absolute atomic E-state index is 12.5. The molecule has 2 heterocycles. The first-order valence-electron chi connectivity index (χ1n) is 14.2. The van der Waals surface area contributed by atoms with Gasteiger partial charge in [-0.15, -0.1) is 0 Å². The van der Waals surface area contributed by atoms with Gasteiger partial charge in [0.05, 0.1) is 22.2 Å². The van der Waals surface area contributed by atoms with E-state index in [0.29, 0.717) is 37.5 Å². The second kappa shape index (κ2) is 13.9. The molecule has 0 radical (unpaired) electrons. The minimum absolute atomic E-state index is 0.00635. The van der Waals surface area contributed by atoms with Crippen molar-refractivity contribution in [2.75, 3.05) is 32.7 Å². The molecule has 1 atom stereocenters. The van der Waals surface area contributed by atoms with Crippen molar-refractivity contribution in [1.29, 1.82) is 0 Å². The molecule has 0 aliphatic carbocycles. The third-order valence-corrected chi connectivity index (χ3v) is 8.05. The molecule has 1 fully saturated rings. The summed E-state index contributed by atoms with van der Waals surface area (Å²) in [6, 6.07) is 17.0. The number of nitrogens with one attached hydrogen (secondary N) is 1. The van der Waals surface area contributed by atoms with Gasteiger partial charge in [-0.25, -0.2) is 0 Å². The van der Waals surface area contributed by atoms with E-state index in [2.05, 4.69) is 45.4 Å². The number of nitro benzene ring substituents is 1. The molecule has 2 aliphatic rings. The first kappa shape index (κ1) is 29.0. The van der Waals surface area contributed by atoms with E-state index >= 15 is 0 Å². The van der Waals surface area contributed by atoms with Crippen LogP contribution < -0.4 is 5.32 Å². The van der Waals surface area contributed by atoms with Gasteiger partial charge in [0, 0.05) is 37.1 Å². The summed E-state index contributed by atoms with van der Waals surface area (Å²) >= 11 is 0. The van der Waals surface area contributed by atoms with Crippen LogP contribution in [-0.4, -0.2) is 65.2 Å². The summed E-state index contributed by atoms with van der Waals surface area (Å²) in [5.74, 6) is 0.165. The van der Waals surface area contributed by atoms with Gasteiger partial charge in [0.1, 0.15) is 0 Å². The summed E-state index contributed by atoms with van der Waals surface area (Å²) < 4.78 is 0. The van der Waals surface area contributed by atoms with Gasteiger partial charge in [-0.1, -0.05) is 49.4 Å². The number of carbonyl (C=O) groups is 2. The molecule has 4 rings (SSSR count). The third kappa shape index (κ3) is 6.59. The van der Waals surface area contributed by atoms with Crippen molar-refractivity contribution < 1.29 is 14.5 Å². The maximum atomic E-state index is 12.5. The number of amides is 2. The first-order valence-corrected chi connectivity index (χ1v) is 14.2. The predicted molar refractivity (Wildman–Crippen MR) is 155 cm³/mol. The van der Waals surface area contributed by atoms with Gasteiger partial charge >= 0.3 is 0 Å². The molecule has 9 heteroatoms. The molecular formula is C31H39N5O4. The second-order valence-electron chi connectivity index (χ2n) is 10.3. The fourth-order valence-electron chi connectivity index (χ4n) is 5.98. The Hall–Kier alpha value is -3.98. The number of hydrogen-bond acceptors (Lipinski definition) is 6. The van der Waals surface area contributed by atoms with Gasteiger partial charge in [0.25, 0.3) is 5.69 Å². The SMILES string of the molecule is CCC1=C(NC=O)C(c2ccc([N+](=O)[O-])cc2)C(N(C=O)CCCN2CCC(c3ccccc3)CC2)=CN1CC. The average molecular weight is 546 g/mol. The Morgan fingerprint density at radius 2 is 1.73 bits per heavy atom. The Morgan fingerprint density at radius 1 is 1.02 bits per heavy atom. The van der Waals surface area contributed by atoms with E-state index in [4.69, 9.17) is 0 Å². The van der Waals surface area contributed by atoms with Crippen LogP contribution in [0.1, 0.15) is 62.5 Å². The number of nitrogens with zero attached hydrogens (tertiary/aromatic N) is 4. The van der Waals surface area contributed by atoms with Crippen LogP contribution in [0.3, 0.4) is 0 Å². The van der Waals surface area contributed by atoms with E-state index in [0.717, 1.165) is 62.3 Å². The van der Waals surface area contributed by atoms with E-state index in [1.807, 2.05) is 20.0 Å². The number of nitro groups is 1. The molecule has 2 aliphatic heterocycles. The number of benzene rings is 2.